The van der Waals surface area contributed by atoms with Gasteiger partial charge in [0.1, 0.15) is 6.04 Å². The van der Waals surface area contributed by atoms with Gasteiger partial charge in [-0.3, -0.25) is 9.69 Å². The first-order chi connectivity index (χ1) is 9.18. The summed E-state index contributed by atoms with van der Waals surface area (Å²) in [5.41, 5.74) is 0.299. The fourth-order valence-corrected chi connectivity index (χ4v) is 3.99. The second kappa shape index (κ2) is 5.23. The van der Waals surface area contributed by atoms with Crippen LogP contribution < -0.4 is 10.6 Å². The van der Waals surface area contributed by atoms with Crippen molar-refractivity contribution in [1.29, 1.82) is 0 Å². The fourth-order valence-electron chi connectivity index (χ4n) is 3.13. The SMILES string of the molecule is CC1(CN2CCNC(=O)C2c2cccs2)CCNC1. The van der Waals surface area contributed by atoms with Gasteiger partial charge in [0.15, 0.2) is 0 Å². The van der Waals surface area contributed by atoms with Crippen LogP contribution >= 0.6 is 11.3 Å². The van der Waals surface area contributed by atoms with E-state index in [2.05, 4.69) is 28.5 Å². The van der Waals surface area contributed by atoms with Crippen LogP contribution in [0.5, 0.6) is 0 Å². The van der Waals surface area contributed by atoms with Crippen molar-refractivity contribution in [2.45, 2.75) is 19.4 Å². The van der Waals surface area contributed by atoms with Crippen LogP contribution in [-0.2, 0) is 4.79 Å². The molecule has 0 saturated carbocycles. The second-order valence-corrected chi connectivity index (χ2v) is 6.90. The predicted octanol–water partition coefficient (Wildman–Crippen LogP) is 1.22. The van der Waals surface area contributed by atoms with E-state index in [1.807, 2.05) is 11.4 Å². The number of hydrogen-bond donors (Lipinski definition) is 2. The Morgan fingerprint density at radius 3 is 3.11 bits per heavy atom. The first-order valence-corrected chi connectivity index (χ1v) is 7.82. The van der Waals surface area contributed by atoms with Crippen LogP contribution in [-0.4, -0.2) is 43.5 Å². The topological polar surface area (TPSA) is 44.4 Å². The minimum atomic E-state index is -0.0915. The summed E-state index contributed by atoms with van der Waals surface area (Å²) < 4.78 is 0. The molecule has 104 valence electrons. The highest BCUT2D eigenvalue weighted by atomic mass is 32.1. The summed E-state index contributed by atoms with van der Waals surface area (Å²) in [5, 5.41) is 8.49. The molecule has 2 saturated heterocycles. The number of carbonyl (C=O) groups is 1. The summed E-state index contributed by atoms with van der Waals surface area (Å²) in [4.78, 5) is 15.7. The Morgan fingerprint density at radius 2 is 2.42 bits per heavy atom. The van der Waals surface area contributed by atoms with Crippen LogP contribution in [0.25, 0.3) is 0 Å². The van der Waals surface area contributed by atoms with Crippen molar-refractivity contribution in [3.63, 3.8) is 0 Å². The summed E-state index contributed by atoms with van der Waals surface area (Å²) in [5.74, 6) is 0.156. The van der Waals surface area contributed by atoms with Gasteiger partial charge in [-0.1, -0.05) is 13.0 Å². The Labute approximate surface area is 118 Å². The molecule has 0 radical (unpaired) electrons. The lowest BCUT2D eigenvalue weighted by Crippen LogP contribution is -2.52. The summed E-state index contributed by atoms with van der Waals surface area (Å²) in [6, 6.07) is 4.01. The molecule has 3 rings (SSSR count). The van der Waals surface area contributed by atoms with Crippen molar-refractivity contribution in [3.8, 4) is 0 Å². The van der Waals surface area contributed by atoms with Gasteiger partial charge < -0.3 is 10.6 Å². The molecule has 2 atom stereocenters. The number of nitrogens with zero attached hydrogens (tertiary/aromatic N) is 1. The van der Waals surface area contributed by atoms with Crippen molar-refractivity contribution in [1.82, 2.24) is 15.5 Å². The number of amides is 1. The van der Waals surface area contributed by atoms with E-state index >= 15 is 0 Å². The number of piperazine rings is 1. The normalized spacial score (nSPS) is 32.5. The Morgan fingerprint density at radius 1 is 1.53 bits per heavy atom. The van der Waals surface area contributed by atoms with E-state index in [1.54, 1.807) is 11.3 Å². The third-order valence-electron chi connectivity index (χ3n) is 4.17. The zero-order valence-corrected chi connectivity index (χ0v) is 12.1. The highest BCUT2D eigenvalue weighted by molar-refractivity contribution is 7.10. The molecule has 5 heteroatoms. The molecule has 2 N–H and O–H groups in total. The lowest BCUT2D eigenvalue weighted by Gasteiger charge is -2.39. The van der Waals surface area contributed by atoms with Crippen molar-refractivity contribution in [2.75, 3.05) is 32.7 Å². The van der Waals surface area contributed by atoms with Crippen LogP contribution in [0.15, 0.2) is 17.5 Å². The quantitative estimate of drug-likeness (QED) is 0.874. The molecular weight excluding hydrogens is 258 g/mol. The monoisotopic (exact) mass is 279 g/mol. The molecule has 2 aliphatic rings. The van der Waals surface area contributed by atoms with Crippen LogP contribution in [0.3, 0.4) is 0 Å². The Bertz CT molecular complexity index is 440. The maximum atomic E-state index is 12.2. The highest BCUT2D eigenvalue weighted by Crippen LogP contribution is 2.32. The standard InChI is InChI=1S/C14H21N3OS/c1-14(4-5-15-9-14)10-17-7-6-16-13(18)12(17)11-3-2-8-19-11/h2-3,8,12,15H,4-7,9-10H2,1H3,(H,16,18). The molecule has 0 bridgehead atoms. The van der Waals surface area contributed by atoms with Gasteiger partial charge in [0.05, 0.1) is 0 Å². The number of rotatable bonds is 3. The van der Waals surface area contributed by atoms with Crippen molar-refractivity contribution in [3.05, 3.63) is 22.4 Å². The first kappa shape index (κ1) is 13.1. The molecule has 0 spiro atoms. The van der Waals surface area contributed by atoms with E-state index in [4.69, 9.17) is 0 Å². The van der Waals surface area contributed by atoms with E-state index < -0.39 is 0 Å². The van der Waals surface area contributed by atoms with Crippen molar-refractivity contribution < 1.29 is 4.79 Å². The summed E-state index contributed by atoms with van der Waals surface area (Å²) >= 11 is 1.68. The molecule has 1 aromatic rings. The molecule has 19 heavy (non-hydrogen) atoms. The highest BCUT2D eigenvalue weighted by Gasteiger charge is 2.37. The third-order valence-corrected chi connectivity index (χ3v) is 5.09. The number of thiophene rings is 1. The van der Waals surface area contributed by atoms with Crippen LogP contribution in [0, 0.1) is 5.41 Å². The van der Waals surface area contributed by atoms with Gasteiger partial charge in [0.2, 0.25) is 5.91 Å². The maximum Gasteiger partial charge on any atom is 0.242 e. The van der Waals surface area contributed by atoms with Crippen molar-refractivity contribution >= 4 is 17.2 Å². The molecule has 1 aromatic heterocycles. The van der Waals surface area contributed by atoms with E-state index in [9.17, 15) is 4.79 Å². The van der Waals surface area contributed by atoms with Gasteiger partial charge in [-0.2, -0.15) is 0 Å². The molecule has 2 aliphatic heterocycles. The number of hydrogen-bond acceptors (Lipinski definition) is 4. The van der Waals surface area contributed by atoms with Gasteiger partial charge in [-0.05, 0) is 29.8 Å². The first-order valence-electron chi connectivity index (χ1n) is 6.94. The average molecular weight is 279 g/mol. The number of carbonyl (C=O) groups excluding carboxylic acids is 1. The van der Waals surface area contributed by atoms with Gasteiger partial charge in [0.25, 0.3) is 0 Å². The molecule has 2 fully saturated rings. The summed E-state index contributed by atoms with van der Waals surface area (Å²) in [7, 11) is 0. The second-order valence-electron chi connectivity index (χ2n) is 5.92. The fraction of sp³-hybridized carbons (Fsp3) is 0.643. The number of nitrogens with one attached hydrogen (secondary N) is 2. The molecular formula is C14H21N3OS. The lowest BCUT2D eigenvalue weighted by molar-refractivity contribution is -0.129. The third kappa shape index (κ3) is 2.68. The molecule has 0 aliphatic carbocycles. The molecule has 1 amide bonds. The zero-order valence-electron chi connectivity index (χ0n) is 11.3. The lowest BCUT2D eigenvalue weighted by atomic mass is 9.88. The molecule has 4 nitrogen and oxygen atoms in total. The van der Waals surface area contributed by atoms with Crippen LogP contribution in [0.4, 0.5) is 0 Å². The molecule has 0 aromatic carbocycles. The van der Waals surface area contributed by atoms with E-state index in [0.29, 0.717) is 5.41 Å². The average Bonchev–Trinajstić information content (AvgIpc) is 3.01. The van der Waals surface area contributed by atoms with E-state index in [-0.39, 0.29) is 11.9 Å². The summed E-state index contributed by atoms with van der Waals surface area (Å²) in [6.07, 6.45) is 1.20. The molecule has 2 unspecified atom stereocenters. The minimum absolute atomic E-state index is 0.0915. The zero-order chi connectivity index (χ0) is 13.3. The van der Waals surface area contributed by atoms with Crippen LogP contribution in [0.2, 0.25) is 0 Å². The maximum absolute atomic E-state index is 12.2. The predicted molar refractivity (Wildman–Crippen MR) is 77.2 cm³/mol. The molecule has 3 heterocycles. The van der Waals surface area contributed by atoms with E-state index in [1.165, 1.54) is 6.42 Å². The van der Waals surface area contributed by atoms with Gasteiger partial charge in [-0.25, -0.2) is 0 Å². The van der Waals surface area contributed by atoms with Crippen molar-refractivity contribution in [2.24, 2.45) is 5.41 Å². The Kier molecular flexibility index (Phi) is 3.60. The minimum Gasteiger partial charge on any atom is -0.353 e. The van der Waals surface area contributed by atoms with E-state index in [0.717, 1.165) is 37.6 Å². The Hall–Kier alpha value is -0.910. The van der Waals surface area contributed by atoms with Gasteiger partial charge >= 0.3 is 0 Å². The summed E-state index contributed by atoms with van der Waals surface area (Å²) in [6.45, 7) is 7.19. The van der Waals surface area contributed by atoms with Crippen LogP contribution in [0.1, 0.15) is 24.3 Å². The van der Waals surface area contributed by atoms with Gasteiger partial charge in [0, 0.05) is 31.1 Å². The largest absolute Gasteiger partial charge is 0.353 e. The van der Waals surface area contributed by atoms with Gasteiger partial charge in [-0.15, -0.1) is 11.3 Å². The Balaban J connectivity index is 1.79. The smallest absolute Gasteiger partial charge is 0.242 e.